The lowest BCUT2D eigenvalue weighted by atomic mass is 10.1. The standard InChI is InChI=1S/C7H17NO/c1-6(2)4-7(8)5-9-3/h6-7H,4-5,8H2,1-3H3/t7-/m1/s1. The maximum Gasteiger partial charge on any atom is 0.0613 e. The molecule has 0 rings (SSSR count). The molecule has 0 aliphatic carbocycles. The predicted octanol–water partition coefficient (Wildman–Crippen LogP) is 1.01. The Morgan fingerprint density at radius 1 is 1.44 bits per heavy atom. The molecule has 0 aromatic carbocycles. The lowest BCUT2D eigenvalue weighted by molar-refractivity contribution is 0.172. The van der Waals surface area contributed by atoms with Gasteiger partial charge >= 0.3 is 0 Å². The second-order valence-corrected chi connectivity index (χ2v) is 2.84. The molecule has 2 heteroatoms. The molecule has 0 spiro atoms. The summed E-state index contributed by atoms with van der Waals surface area (Å²) in [7, 11) is 1.68. The summed E-state index contributed by atoms with van der Waals surface area (Å²) >= 11 is 0. The number of hydrogen-bond donors (Lipinski definition) is 1. The van der Waals surface area contributed by atoms with Gasteiger partial charge in [0.2, 0.25) is 0 Å². The Balaban J connectivity index is 3.15. The summed E-state index contributed by atoms with van der Waals surface area (Å²) in [5.41, 5.74) is 5.66. The minimum absolute atomic E-state index is 0.218. The van der Waals surface area contributed by atoms with Crippen molar-refractivity contribution in [2.45, 2.75) is 26.3 Å². The van der Waals surface area contributed by atoms with Crippen LogP contribution in [-0.2, 0) is 4.74 Å². The molecule has 0 fully saturated rings. The Labute approximate surface area is 57.4 Å². The average molecular weight is 131 g/mol. The highest BCUT2D eigenvalue weighted by atomic mass is 16.5. The van der Waals surface area contributed by atoms with E-state index in [0.717, 1.165) is 6.42 Å². The molecule has 0 amide bonds. The molecule has 2 N–H and O–H groups in total. The summed E-state index contributed by atoms with van der Waals surface area (Å²) < 4.78 is 4.88. The highest BCUT2D eigenvalue weighted by Gasteiger charge is 2.03. The zero-order chi connectivity index (χ0) is 7.28. The van der Waals surface area contributed by atoms with Gasteiger partial charge in [0.15, 0.2) is 0 Å². The molecular formula is C7H17NO. The molecule has 0 aliphatic rings. The van der Waals surface area contributed by atoms with Gasteiger partial charge < -0.3 is 10.5 Å². The van der Waals surface area contributed by atoms with Crippen LogP contribution < -0.4 is 5.73 Å². The molecule has 9 heavy (non-hydrogen) atoms. The minimum atomic E-state index is 0.218. The summed E-state index contributed by atoms with van der Waals surface area (Å²) in [5, 5.41) is 0. The van der Waals surface area contributed by atoms with Gasteiger partial charge in [0, 0.05) is 13.2 Å². The molecule has 2 nitrogen and oxygen atoms in total. The molecule has 0 aromatic rings. The summed E-state index contributed by atoms with van der Waals surface area (Å²) in [6.45, 7) is 5.00. The van der Waals surface area contributed by atoms with Crippen molar-refractivity contribution in [2.24, 2.45) is 11.7 Å². The van der Waals surface area contributed by atoms with Crippen molar-refractivity contribution in [3.63, 3.8) is 0 Å². The normalized spacial score (nSPS) is 14.3. The summed E-state index contributed by atoms with van der Waals surface area (Å²) in [6, 6.07) is 0.218. The molecular weight excluding hydrogens is 114 g/mol. The van der Waals surface area contributed by atoms with Crippen LogP contribution in [-0.4, -0.2) is 19.8 Å². The number of methoxy groups -OCH3 is 1. The highest BCUT2D eigenvalue weighted by Crippen LogP contribution is 2.01. The molecule has 56 valence electrons. The van der Waals surface area contributed by atoms with Crippen molar-refractivity contribution in [1.29, 1.82) is 0 Å². The Bertz CT molecular complexity index is 63.9. The third-order valence-corrected chi connectivity index (χ3v) is 1.15. The molecule has 0 saturated heterocycles. The van der Waals surface area contributed by atoms with Crippen LogP contribution in [0.2, 0.25) is 0 Å². The van der Waals surface area contributed by atoms with Crippen molar-refractivity contribution in [3.05, 3.63) is 0 Å². The van der Waals surface area contributed by atoms with Crippen LogP contribution in [0.3, 0.4) is 0 Å². The molecule has 0 saturated carbocycles. The summed E-state index contributed by atoms with van der Waals surface area (Å²) in [5.74, 6) is 0.676. The molecule has 0 bridgehead atoms. The second-order valence-electron chi connectivity index (χ2n) is 2.84. The van der Waals surface area contributed by atoms with E-state index in [1.807, 2.05) is 0 Å². The molecule has 0 radical (unpaired) electrons. The first-order valence-electron chi connectivity index (χ1n) is 3.41. The third kappa shape index (κ3) is 5.80. The van der Waals surface area contributed by atoms with E-state index in [2.05, 4.69) is 13.8 Å². The first-order valence-corrected chi connectivity index (χ1v) is 3.41. The topological polar surface area (TPSA) is 35.2 Å². The van der Waals surface area contributed by atoms with E-state index in [1.54, 1.807) is 7.11 Å². The van der Waals surface area contributed by atoms with Crippen LogP contribution in [0.25, 0.3) is 0 Å². The van der Waals surface area contributed by atoms with Crippen LogP contribution >= 0.6 is 0 Å². The van der Waals surface area contributed by atoms with Crippen molar-refractivity contribution in [1.82, 2.24) is 0 Å². The van der Waals surface area contributed by atoms with Crippen LogP contribution in [0.1, 0.15) is 20.3 Å². The van der Waals surface area contributed by atoms with Crippen LogP contribution in [0.4, 0.5) is 0 Å². The lowest BCUT2D eigenvalue weighted by Gasteiger charge is -2.11. The minimum Gasteiger partial charge on any atom is -0.383 e. The highest BCUT2D eigenvalue weighted by molar-refractivity contribution is 4.61. The fraction of sp³-hybridized carbons (Fsp3) is 1.00. The lowest BCUT2D eigenvalue weighted by Crippen LogP contribution is -2.27. The number of nitrogens with two attached hydrogens (primary N) is 1. The maximum absolute atomic E-state index is 5.66. The van der Waals surface area contributed by atoms with Gasteiger partial charge in [0.1, 0.15) is 0 Å². The Morgan fingerprint density at radius 2 is 2.00 bits per heavy atom. The largest absolute Gasteiger partial charge is 0.383 e. The quantitative estimate of drug-likeness (QED) is 0.618. The van der Waals surface area contributed by atoms with E-state index in [0.29, 0.717) is 12.5 Å². The maximum atomic E-state index is 5.66. The van der Waals surface area contributed by atoms with Crippen LogP contribution in [0.5, 0.6) is 0 Å². The van der Waals surface area contributed by atoms with Gasteiger partial charge in [-0.05, 0) is 12.3 Å². The molecule has 0 unspecified atom stereocenters. The summed E-state index contributed by atoms with van der Waals surface area (Å²) in [6.07, 6.45) is 1.05. The SMILES string of the molecule is COC[C@H](N)CC(C)C. The van der Waals surface area contributed by atoms with Crippen LogP contribution in [0.15, 0.2) is 0 Å². The molecule has 0 aliphatic heterocycles. The predicted molar refractivity (Wildman–Crippen MR) is 39.3 cm³/mol. The first-order chi connectivity index (χ1) is 4.16. The second kappa shape index (κ2) is 4.77. The Kier molecular flexibility index (Phi) is 4.72. The number of ether oxygens (including phenoxy) is 1. The zero-order valence-corrected chi connectivity index (χ0v) is 6.55. The Morgan fingerprint density at radius 3 is 2.33 bits per heavy atom. The molecule has 0 aromatic heterocycles. The molecule has 0 heterocycles. The number of hydrogen-bond acceptors (Lipinski definition) is 2. The van der Waals surface area contributed by atoms with Gasteiger partial charge in [0.25, 0.3) is 0 Å². The van der Waals surface area contributed by atoms with E-state index in [9.17, 15) is 0 Å². The van der Waals surface area contributed by atoms with E-state index < -0.39 is 0 Å². The van der Waals surface area contributed by atoms with E-state index >= 15 is 0 Å². The van der Waals surface area contributed by atoms with Crippen molar-refractivity contribution < 1.29 is 4.74 Å². The van der Waals surface area contributed by atoms with Crippen molar-refractivity contribution in [2.75, 3.05) is 13.7 Å². The van der Waals surface area contributed by atoms with Gasteiger partial charge in [0.05, 0.1) is 6.61 Å². The zero-order valence-electron chi connectivity index (χ0n) is 6.55. The fourth-order valence-electron chi connectivity index (χ4n) is 0.888. The van der Waals surface area contributed by atoms with Gasteiger partial charge in [-0.1, -0.05) is 13.8 Å². The fourth-order valence-corrected chi connectivity index (χ4v) is 0.888. The van der Waals surface area contributed by atoms with E-state index in [4.69, 9.17) is 10.5 Å². The van der Waals surface area contributed by atoms with E-state index in [1.165, 1.54) is 0 Å². The monoisotopic (exact) mass is 131 g/mol. The summed E-state index contributed by atoms with van der Waals surface area (Å²) in [4.78, 5) is 0. The van der Waals surface area contributed by atoms with Gasteiger partial charge in [-0.3, -0.25) is 0 Å². The van der Waals surface area contributed by atoms with Crippen molar-refractivity contribution in [3.8, 4) is 0 Å². The van der Waals surface area contributed by atoms with Crippen molar-refractivity contribution >= 4 is 0 Å². The smallest absolute Gasteiger partial charge is 0.0613 e. The van der Waals surface area contributed by atoms with Crippen LogP contribution in [0, 0.1) is 5.92 Å². The van der Waals surface area contributed by atoms with Gasteiger partial charge in [-0.25, -0.2) is 0 Å². The third-order valence-electron chi connectivity index (χ3n) is 1.15. The average Bonchev–Trinajstić information content (AvgIpc) is 1.63. The first kappa shape index (κ1) is 8.92. The van der Waals surface area contributed by atoms with Gasteiger partial charge in [-0.2, -0.15) is 0 Å². The molecule has 1 atom stereocenters. The van der Waals surface area contributed by atoms with Gasteiger partial charge in [-0.15, -0.1) is 0 Å². The van der Waals surface area contributed by atoms with E-state index in [-0.39, 0.29) is 6.04 Å². The number of rotatable bonds is 4. The Hall–Kier alpha value is -0.0800.